The Labute approximate surface area is 162 Å². The van der Waals surface area contributed by atoms with Crippen molar-refractivity contribution in [2.45, 2.75) is 70.9 Å². The van der Waals surface area contributed by atoms with E-state index in [1.165, 1.54) is 30.4 Å². The fourth-order valence-electron chi connectivity index (χ4n) is 4.19. The molecule has 0 unspecified atom stereocenters. The van der Waals surface area contributed by atoms with Crippen LogP contribution < -0.4 is 10.6 Å². The van der Waals surface area contributed by atoms with Crippen LogP contribution in [0.1, 0.15) is 62.5 Å². The van der Waals surface area contributed by atoms with E-state index in [1.807, 2.05) is 17.0 Å². The summed E-state index contributed by atoms with van der Waals surface area (Å²) in [5.41, 5.74) is 2.37. The van der Waals surface area contributed by atoms with Gasteiger partial charge in [0.15, 0.2) is 0 Å². The molecule has 2 N–H and O–H groups in total. The first-order chi connectivity index (χ1) is 13.1. The van der Waals surface area contributed by atoms with Crippen LogP contribution in [0.2, 0.25) is 0 Å². The van der Waals surface area contributed by atoms with Gasteiger partial charge in [0.25, 0.3) is 0 Å². The lowest BCUT2D eigenvalue weighted by molar-refractivity contribution is -0.122. The minimum Gasteiger partial charge on any atom is -0.352 e. The van der Waals surface area contributed by atoms with E-state index in [9.17, 15) is 9.59 Å². The van der Waals surface area contributed by atoms with Gasteiger partial charge in [-0.05, 0) is 49.7 Å². The predicted octanol–water partition coefficient (Wildman–Crippen LogP) is 3.76. The van der Waals surface area contributed by atoms with E-state index in [0.717, 1.165) is 38.8 Å². The summed E-state index contributed by atoms with van der Waals surface area (Å²) in [5.74, 6) is 0.490. The van der Waals surface area contributed by atoms with E-state index in [-0.39, 0.29) is 11.9 Å². The number of likely N-dealkylation sites (tertiary alicyclic amines) is 1. The highest BCUT2D eigenvalue weighted by Crippen LogP contribution is 2.22. The molecule has 5 heteroatoms. The zero-order valence-corrected chi connectivity index (χ0v) is 16.5. The summed E-state index contributed by atoms with van der Waals surface area (Å²) in [6.07, 6.45) is 8.36. The Bertz CT molecular complexity index is 632. The number of aryl methyl sites for hydroxylation is 1. The fraction of sp³-hybridized carbons (Fsp3) is 0.636. The van der Waals surface area contributed by atoms with Crippen LogP contribution in [-0.4, -0.2) is 36.0 Å². The Balaban J connectivity index is 1.35. The first-order valence-electron chi connectivity index (χ1n) is 10.5. The molecule has 2 fully saturated rings. The minimum atomic E-state index is 0.0874. The number of benzene rings is 1. The lowest BCUT2D eigenvalue weighted by atomic mass is 9.93. The molecular weight excluding hydrogens is 338 g/mol. The molecule has 0 radical (unpaired) electrons. The van der Waals surface area contributed by atoms with Gasteiger partial charge in [-0.15, -0.1) is 0 Å². The molecule has 0 spiro atoms. The monoisotopic (exact) mass is 371 g/mol. The van der Waals surface area contributed by atoms with Crippen LogP contribution in [-0.2, 0) is 11.3 Å². The molecule has 1 heterocycles. The molecule has 0 aromatic heterocycles. The van der Waals surface area contributed by atoms with E-state index in [4.69, 9.17) is 0 Å². The number of amides is 3. The van der Waals surface area contributed by atoms with Gasteiger partial charge in [0.1, 0.15) is 0 Å². The van der Waals surface area contributed by atoms with Crippen molar-refractivity contribution in [1.82, 2.24) is 15.5 Å². The highest BCUT2D eigenvalue weighted by Gasteiger charge is 2.26. The SMILES string of the molecule is Cc1ccccc1CNC(=O)CC1CCN(C(=O)NC2CCCCC2)CC1. The fourth-order valence-corrected chi connectivity index (χ4v) is 4.19. The average molecular weight is 372 g/mol. The molecule has 3 rings (SSSR count). The third kappa shape index (κ3) is 5.98. The van der Waals surface area contributed by atoms with Crippen molar-refractivity contribution < 1.29 is 9.59 Å². The van der Waals surface area contributed by atoms with E-state index >= 15 is 0 Å². The summed E-state index contributed by atoms with van der Waals surface area (Å²) in [7, 11) is 0. The lowest BCUT2D eigenvalue weighted by Gasteiger charge is -2.33. The van der Waals surface area contributed by atoms with E-state index in [1.54, 1.807) is 0 Å². The van der Waals surface area contributed by atoms with E-state index < -0.39 is 0 Å². The zero-order chi connectivity index (χ0) is 19.1. The topological polar surface area (TPSA) is 61.4 Å². The Hall–Kier alpha value is -2.04. The van der Waals surface area contributed by atoms with Crippen molar-refractivity contribution in [3.63, 3.8) is 0 Å². The van der Waals surface area contributed by atoms with Crippen LogP contribution in [0.15, 0.2) is 24.3 Å². The number of nitrogens with zero attached hydrogens (tertiary/aromatic N) is 1. The standard InChI is InChI=1S/C22H33N3O2/c1-17-7-5-6-8-19(17)16-23-21(26)15-18-11-13-25(14-12-18)22(27)24-20-9-3-2-4-10-20/h5-8,18,20H,2-4,9-16H2,1H3,(H,23,26)(H,24,27). The van der Waals surface area contributed by atoms with Crippen molar-refractivity contribution in [3.8, 4) is 0 Å². The van der Waals surface area contributed by atoms with Gasteiger partial charge in [0.2, 0.25) is 5.91 Å². The third-order valence-electron chi connectivity index (χ3n) is 6.05. The molecule has 27 heavy (non-hydrogen) atoms. The van der Waals surface area contributed by atoms with Gasteiger partial charge in [-0.3, -0.25) is 4.79 Å². The Morgan fingerprint density at radius 1 is 1.04 bits per heavy atom. The maximum absolute atomic E-state index is 12.4. The van der Waals surface area contributed by atoms with Gasteiger partial charge in [-0.2, -0.15) is 0 Å². The van der Waals surface area contributed by atoms with Crippen LogP contribution >= 0.6 is 0 Å². The molecule has 2 aliphatic rings. The summed E-state index contributed by atoms with van der Waals surface area (Å²) in [6.45, 7) is 4.17. The van der Waals surface area contributed by atoms with Gasteiger partial charge in [-0.25, -0.2) is 4.79 Å². The first-order valence-corrected chi connectivity index (χ1v) is 10.5. The molecule has 0 bridgehead atoms. The van der Waals surface area contributed by atoms with Gasteiger partial charge in [0, 0.05) is 32.1 Å². The summed E-state index contributed by atoms with van der Waals surface area (Å²) < 4.78 is 0. The molecule has 1 aromatic rings. The molecule has 0 atom stereocenters. The Morgan fingerprint density at radius 3 is 2.44 bits per heavy atom. The smallest absolute Gasteiger partial charge is 0.317 e. The number of hydrogen-bond acceptors (Lipinski definition) is 2. The van der Waals surface area contributed by atoms with Gasteiger partial charge >= 0.3 is 6.03 Å². The van der Waals surface area contributed by atoms with Crippen molar-refractivity contribution in [2.24, 2.45) is 5.92 Å². The summed E-state index contributed by atoms with van der Waals surface area (Å²) in [5, 5.41) is 6.24. The van der Waals surface area contributed by atoms with Crippen molar-refractivity contribution in [2.75, 3.05) is 13.1 Å². The number of nitrogens with one attached hydrogen (secondary N) is 2. The summed E-state index contributed by atoms with van der Waals surface area (Å²) in [6, 6.07) is 8.58. The molecule has 1 saturated heterocycles. The summed E-state index contributed by atoms with van der Waals surface area (Å²) >= 11 is 0. The number of carbonyl (C=O) groups is 2. The van der Waals surface area contributed by atoms with Crippen LogP contribution in [0.4, 0.5) is 4.79 Å². The normalized spacial score (nSPS) is 18.9. The van der Waals surface area contributed by atoms with Crippen molar-refractivity contribution in [1.29, 1.82) is 0 Å². The number of hydrogen-bond donors (Lipinski definition) is 2. The third-order valence-corrected chi connectivity index (χ3v) is 6.05. The molecule has 1 saturated carbocycles. The quantitative estimate of drug-likeness (QED) is 0.828. The molecule has 1 aromatic carbocycles. The van der Waals surface area contributed by atoms with E-state index in [0.29, 0.717) is 24.9 Å². The second-order valence-electron chi connectivity index (χ2n) is 8.12. The predicted molar refractivity (Wildman–Crippen MR) is 107 cm³/mol. The second-order valence-corrected chi connectivity index (χ2v) is 8.12. The average Bonchev–Trinajstić information content (AvgIpc) is 2.69. The number of carbonyl (C=O) groups excluding carboxylic acids is 2. The van der Waals surface area contributed by atoms with Gasteiger partial charge < -0.3 is 15.5 Å². The van der Waals surface area contributed by atoms with Crippen LogP contribution in [0, 0.1) is 12.8 Å². The molecule has 3 amide bonds. The number of piperidine rings is 1. The van der Waals surface area contributed by atoms with Crippen molar-refractivity contribution in [3.05, 3.63) is 35.4 Å². The lowest BCUT2D eigenvalue weighted by Crippen LogP contribution is -2.48. The Kier molecular flexibility index (Phi) is 7.13. The van der Waals surface area contributed by atoms with Gasteiger partial charge in [0.05, 0.1) is 0 Å². The largest absolute Gasteiger partial charge is 0.352 e. The molecule has 1 aliphatic carbocycles. The van der Waals surface area contributed by atoms with Crippen molar-refractivity contribution >= 4 is 11.9 Å². The maximum atomic E-state index is 12.4. The summed E-state index contributed by atoms with van der Waals surface area (Å²) in [4.78, 5) is 26.6. The molecule has 1 aliphatic heterocycles. The van der Waals surface area contributed by atoms with Crippen LogP contribution in [0.25, 0.3) is 0 Å². The highest BCUT2D eigenvalue weighted by atomic mass is 16.2. The molecule has 5 nitrogen and oxygen atoms in total. The number of rotatable bonds is 5. The zero-order valence-electron chi connectivity index (χ0n) is 16.5. The highest BCUT2D eigenvalue weighted by molar-refractivity contribution is 5.76. The van der Waals surface area contributed by atoms with Crippen LogP contribution in [0.3, 0.4) is 0 Å². The Morgan fingerprint density at radius 2 is 1.74 bits per heavy atom. The first kappa shape index (κ1) is 19.7. The second kappa shape index (κ2) is 9.77. The maximum Gasteiger partial charge on any atom is 0.317 e. The molecule has 148 valence electrons. The minimum absolute atomic E-state index is 0.0874. The van der Waals surface area contributed by atoms with Crippen LogP contribution in [0.5, 0.6) is 0 Å². The van der Waals surface area contributed by atoms with E-state index in [2.05, 4.69) is 29.7 Å². The molecular formula is C22H33N3O2. The number of urea groups is 1. The van der Waals surface area contributed by atoms with Gasteiger partial charge in [-0.1, -0.05) is 43.5 Å².